The Labute approximate surface area is 94.2 Å². The van der Waals surface area contributed by atoms with Gasteiger partial charge in [-0.1, -0.05) is 11.6 Å². The van der Waals surface area contributed by atoms with Crippen LogP contribution in [0, 0.1) is 4.91 Å². The first-order chi connectivity index (χ1) is 6.67. The Hall–Kier alpha value is -0.650. The van der Waals surface area contributed by atoms with Crippen LogP contribution in [0.3, 0.4) is 0 Å². The highest BCUT2D eigenvalue weighted by atomic mass is 35.5. The summed E-state index contributed by atoms with van der Waals surface area (Å²) in [5.74, 6) is 0. The van der Waals surface area contributed by atoms with Gasteiger partial charge in [-0.25, -0.2) is 5.06 Å². The van der Waals surface area contributed by atoms with Gasteiger partial charge in [0.25, 0.3) is 0 Å². The summed E-state index contributed by atoms with van der Waals surface area (Å²) in [6.45, 7) is 7.40. The molecule has 0 amide bonds. The molecule has 0 bridgehead atoms. The van der Waals surface area contributed by atoms with Crippen molar-refractivity contribution in [3.63, 3.8) is 0 Å². The fourth-order valence-electron chi connectivity index (χ4n) is 1.90. The van der Waals surface area contributed by atoms with Gasteiger partial charge < -0.3 is 0 Å². The summed E-state index contributed by atoms with van der Waals surface area (Å²) in [5, 5.41) is 13.4. The summed E-state index contributed by atoms with van der Waals surface area (Å²) in [4.78, 5) is 12.4. The highest BCUT2D eigenvalue weighted by molar-refractivity contribution is 6.29. The summed E-state index contributed by atoms with van der Waals surface area (Å²) in [5.41, 5.74) is -0.834. The molecule has 15 heavy (non-hydrogen) atoms. The first-order valence-electron chi connectivity index (χ1n) is 4.64. The van der Waals surface area contributed by atoms with Crippen LogP contribution in [0.15, 0.2) is 16.0 Å². The third kappa shape index (κ3) is 1.55. The van der Waals surface area contributed by atoms with E-state index in [-0.39, 0.29) is 5.16 Å². The predicted octanol–water partition coefficient (Wildman–Crippen LogP) is 2.31. The van der Waals surface area contributed by atoms with Gasteiger partial charge in [0.2, 0.25) is 0 Å². The Bertz CT molecular complexity index is 325. The molecule has 5 nitrogen and oxygen atoms in total. The van der Waals surface area contributed by atoms with E-state index in [2.05, 4.69) is 5.18 Å². The van der Waals surface area contributed by atoms with Crippen molar-refractivity contribution < 1.29 is 5.21 Å². The van der Waals surface area contributed by atoms with Crippen molar-refractivity contribution in [2.75, 3.05) is 7.05 Å². The Morgan fingerprint density at radius 2 is 1.87 bits per heavy atom. The molecule has 1 heterocycles. The zero-order valence-electron chi connectivity index (χ0n) is 9.58. The minimum Gasteiger partial charge on any atom is -0.287 e. The number of hydrogen-bond acceptors (Lipinski definition) is 5. The predicted molar refractivity (Wildman–Crippen MR) is 58.2 cm³/mol. The second kappa shape index (κ2) is 3.43. The highest BCUT2D eigenvalue weighted by Gasteiger charge is 2.53. The van der Waals surface area contributed by atoms with E-state index in [1.54, 1.807) is 0 Å². The molecule has 0 unspecified atom stereocenters. The minimum atomic E-state index is -0.621. The van der Waals surface area contributed by atoms with E-state index in [4.69, 9.17) is 11.6 Å². The summed E-state index contributed by atoms with van der Waals surface area (Å²) < 4.78 is 0. The standard InChI is InChI=1S/C9H16ClN3O2/c1-8(2)6(7(10)11-14)13(15)9(3,4)12(8)5/h15H,1-5H3/b7-6-. The average Bonchev–Trinajstić information content (AvgIpc) is 2.25. The van der Waals surface area contributed by atoms with Gasteiger partial charge in [0.05, 0.1) is 5.54 Å². The number of rotatable bonds is 1. The van der Waals surface area contributed by atoms with Crippen LogP contribution in [-0.2, 0) is 0 Å². The molecule has 0 aliphatic carbocycles. The van der Waals surface area contributed by atoms with Gasteiger partial charge in [-0.3, -0.25) is 10.1 Å². The van der Waals surface area contributed by atoms with Crippen LogP contribution < -0.4 is 0 Å². The number of nitrogens with zero attached hydrogens (tertiary/aromatic N) is 3. The van der Waals surface area contributed by atoms with Crippen LogP contribution in [0.25, 0.3) is 0 Å². The van der Waals surface area contributed by atoms with Gasteiger partial charge in [-0.05, 0) is 39.9 Å². The molecule has 0 aromatic rings. The second-order valence-corrected chi connectivity index (χ2v) is 5.01. The van der Waals surface area contributed by atoms with Crippen LogP contribution in [0.1, 0.15) is 27.7 Å². The molecule has 1 N–H and O–H groups in total. The highest BCUT2D eigenvalue weighted by Crippen LogP contribution is 2.44. The Kier molecular flexibility index (Phi) is 2.84. The SMILES string of the molecule is CN1C(C)(C)/C(=C(\Cl)N=O)N(O)C1(C)C. The van der Waals surface area contributed by atoms with Crippen LogP contribution in [-0.4, -0.2) is 33.4 Å². The van der Waals surface area contributed by atoms with E-state index in [9.17, 15) is 10.1 Å². The number of hydrogen-bond donors (Lipinski definition) is 1. The molecule has 0 radical (unpaired) electrons. The second-order valence-electron chi connectivity index (χ2n) is 4.65. The summed E-state index contributed by atoms with van der Waals surface area (Å²) in [7, 11) is 1.85. The summed E-state index contributed by atoms with van der Waals surface area (Å²) in [6.07, 6.45) is 0. The van der Waals surface area contributed by atoms with E-state index < -0.39 is 11.2 Å². The lowest BCUT2D eigenvalue weighted by molar-refractivity contribution is -0.148. The third-order valence-electron chi connectivity index (χ3n) is 3.24. The van der Waals surface area contributed by atoms with E-state index in [1.807, 2.05) is 39.6 Å². The van der Waals surface area contributed by atoms with Crippen LogP contribution in [0.2, 0.25) is 0 Å². The van der Waals surface area contributed by atoms with Crippen molar-refractivity contribution >= 4 is 11.6 Å². The lowest BCUT2D eigenvalue weighted by Crippen LogP contribution is -2.48. The van der Waals surface area contributed by atoms with Gasteiger partial charge in [-0.15, -0.1) is 4.91 Å². The first kappa shape index (κ1) is 12.4. The van der Waals surface area contributed by atoms with Crippen molar-refractivity contribution in [3.8, 4) is 0 Å². The molecule has 86 valence electrons. The van der Waals surface area contributed by atoms with Crippen molar-refractivity contribution in [2.24, 2.45) is 5.18 Å². The molecule has 6 heteroatoms. The van der Waals surface area contributed by atoms with Gasteiger partial charge in [0.1, 0.15) is 11.4 Å². The van der Waals surface area contributed by atoms with Gasteiger partial charge in [0, 0.05) is 0 Å². The van der Waals surface area contributed by atoms with E-state index in [0.29, 0.717) is 5.70 Å². The number of nitroso groups, excluding NO2 is 1. The summed E-state index contributed by atoms with van der Waals surface area (Å²) in [6, 6.07) is 0. The molecule has 1 aliphatic heterocycles. The summed E-state index contributed by atoms with van der Waals surface area (Å²) >= 11 is 5.72. The van der Waals surface area contributed by atoms with Gasteiger partial charge >= 0.3 is 0 Å². The smallest absolute Gasteiger partial charge is 0.197 e. The maximum atomic E-state index is 10.4. The van der Waals surface area contributed by atoms with Crippen LogP contribution in [0.4, 0.5) is 0 Å². The fourth-order valence-corrected chi connectivity index (χ4v) is 2.21. The maximum Gasteiger partial charge on any atom is 0.197 e. The number of hydroxylamine groups is 2. The quantitative estimate of drug-likeness (QED) is 0.558. The number of likely N-dealkylation sites (N-methyl/N-ethyl adjacent to an activating group) is 1. The first-order valence-corrected chi connectivity index (χ1v) is 5.01. The molecule has 1 rings (SSSR count). The molecule has 0 aromatic heterocycles. The van der Waals surface area contributed by atoms with Gasteiger partial charge in [0.15, 0.2) is 5.16 Å². The van der Waals surface area contributed by atoms with E-state index in [0.717, 1.165) is 5.06 Å². The van der Waals surface area contributed by atoms with Crippen LogP contribution in [0.5, 0.6) is 0 Å². The average molecular weight is 234 g/mol. The monoisotopic (exact) mass is 233 g/mol. The molecule has 1 aliphatic rings. The Morgan fingerprint density at radius 1 is 1.40 bits per heavy atom. The van der Waals surface area contributed by atoms with Gasteiger partial charge in [-0.2, -0.15) is 0 Å². The molecular weight excluding hydrogens is 218 g/mol. The third-order valence-corrected chi connectivity index (χ3v) is 3.49. The Balaban J connectivity index is 3.38. The van der Waals surface area contributed by atoms with E-state index >= 15 is 0 Å². The normalized spacial score (nSPS) is 28.1. The largest absolute Gasteiger partial charge is 0.287 e. The van der Waals surface area contributed by atoms with Crippen molar-refractivity contribution in [1.29, 1.82) is 0 Å². The fraction of sp³-hybridized carbons (Fsp3) is 0.778. The maximum absolute atomic E-state index is 10.4. The number of halogens is 1. The molecule has 0 aromatic carbocycles. The van der Waals surface area contributed by atoms with Crippen molar-refractivity contribution in [3.05, 3.63) is 15.8 Å². The molecular formula is C9H16ClN3O2. The lowest BCUT2D eigenvalue weighted by atomic mass is 10.0. The van der Waals surface area contributed by atoms with E-state index in [1.165, 1.54) is 0 Å². The van der Waals surface area contributed by atoms with Crippen molar-refractivity contribution in [2.45, 2.75) is 38.9 Å². The molecule has 1 saturated heterocycles. The van der Waals surface area contributed by atoms with Crippen molar-refractivity contribution in [1.82, 2.24) is 9.96 Å². The zero-order chi connectivity index (χ0) is 12.0. The molecule has 0 spiro atoms. The topological polar surface area (TPSA) is 56.1 Å². The molecule has 1 fully saturated rings. The van der Waals surface area contributed by atoms with Crippen LogP contribution >= 0.6 is 11.6 Å². The molecule has 0 atom stereocenters. The Morgan fingerprint density at radius 3 is 2.13 bits per heavy atom. The molecule has 0 saturated carbocycles. The minimum absolute atomic E-state index is 0.208. The zero-order valence-corrected chi connectivity index (χ0v) is 10.3. The lowest BCUT2D eigenvalue weighted by Gasteiger charge is -2.35.